The van der Waals surface area contributed by atoms with Crippen molar-refractivity contribution in [2.45, 2.75) is 25.4 Å². The van der Waals surface area contributed by atoms with Crippen molar-refractivity contribution >= 4 is 17.6 Å². The zero-order chi connectivity index (χ0) is 15.9. The fraction of sp³-hybridized carbons (Fsp3) is 0.438. The maximum atomic E-state index is 11.9. The highest BCUT2D eigenvalue weighted by Gasteiger charge is 2.19. The molecule has 0 spiro atoms. The highest BCUT2D eigenvalue weighted by molar-refractivity contribution is 6.32. The van der Waals surface area contributed by atoms with Crippen molar-refractivity contribution in [2.24, 2.45) is 0 Å². The minimum absolute atomic E-state index is 0.0159. The maximum Gasteiger partial charge on any atom is 0.315 e. The lowest BCUT2D eigenvalue weighted by Crippen LogP contribution is -2.47. The summed E-state index contributed by atoms with van der Waals surface area (Å²) in [5, 5.41) is 15.8. The predicted molar refractivity (Wildman–Crippen MR) is 88.1 cm³/mol. The lowest BCUT2D eigenvalue weighted by atomic mass is 10.1. The monoisotopic (exact) mass is 323 g/mol. The van der Waals surface area contributed by atoms with E-state index in [1.807, 2.05) is 6.08 Å². The summed E-state index contributed by atoms with van der Waals surface area (Å²) < 4.78 is 0. The van der Waals surface area contributed by atoms with Crippen LogP contribution in [0.25, 0.3) is 0 Å². The number of carbonyl (C=O) groups is 1. The Morgan fingerprint density at radius 1 is 1.45 bits per heavy atom. The molecule has 2 amide bonds. The van der Waals surface area contributed by atoms with E-state index >= 15 is 0 Å². The average Bonchev–Trinajstić information content (AvgIpc) is 2.51. The summed E-state index contributed by atoms with van der Waals surface area (Å²) in [6.07, 6.45) is 3.77. The van der Waals surface area contributed by atoms with Crippen molar-refractivity contribution < 1.29 is 9.90 Å². The van der Waals surface area contributed by atoms with Gasteiger partial charge in [-0.2, -0.15) is 0 Å². The lowest BCUT2D eigenvalue weighted by molar-refractivity contribution is 0.204. The molecule has 0 saturated carbocycles. The molecule has 0 aromatic heterocycles. The molecule has 1 aromatic carbocycles. The van der Waals surface area contributed by atoms with Gasteiger partial charge >= 0.3 is 6.03 Å². The van der Waals surface area contributed by atoms with Gasteiger partial charge in [0, 0.05) is 37.8 Å². The second-order valence-electron chi connectivity index (χ2n) is 5.44. The Bertz CT molecular complexity index is 528. The number of likely N-dealkylation sites (tertiary alicyclic amines) is 1. The topological polar surface area (TPSA) is 64.6 Å². The molecule has 5 nitrogen and oxygen atoms in total. The molecule has 1 saturated heterocycles. The van der Waals surface area contributed by atoms with Crippen LogP contribution < -0.4 is 10.6 Å². The van der Waals surface area contributed by atoms with Crippen LogP contribution in [0.4, 0.5) is 4.79 Å². The van der Waals surface area contributed by atoms with E-state index in [9.17, 15) is 9.90 Å². The predicted octanol–water partition coefficient (Wildman–Crippen LogP) is 2.50. The molecular weight excluding hydrogens is 302 g/mol. The zero-order valence-electron chi connectivity index (χ0n) is 12.5. The van der Waals surface area contributed by atoms with Gasteiger partial charge in [-0.25, -0.2) is 4.79 Å². The number of amides is 2. The van der Waals surface area contributed by atoms with E-state index in [4.69, 9.17) is 11.6 Å². The molecule has 1 fully saturated rings. The smallest absolute Gasteiger partial charge is 0.315 e. The van der Waals surface area contributed by atoms with Gasteiger partial charge in [-0.05, 0) is 18.9 Å². The first-order valence-electron chi connectivity index (χ1n) is 7.44. The van der Waals surface area contributed by atoms with Gasteiger partial charge in [0.25, 0.3) is 0 Å². The summed E-state index contributed by atoms with van der Waals surface area (Å²) in [5.74, 6) is 0.0159. The van der Waals surface area contributed by atoms with Gasteiger partial charge < -0.3 is 15.7 Å². The Kier molecular flexibility index (Phi) is 6.10. The van der Waals surface area contributed by atoms with E-state index in [0.717, 1.165) is 32.5 Å². The van der Waals surface area contributed by atoms with E-state index in [1.165, 1.54) is 0 Å². The van der Waals surface area contributed by atoms with Gasteiger partial charge in [0.05, 0.1) is 5.02 Å². The molecule has 120 valence electrons. The Balaban J connectivity index is 1.74. The molecule has 1 aliphatic heterocycles. The van der Waals surface area contributed by atoms with Crippen LogP contribution in [0.15, 0.2) is 30.9 Å². The van der Waals surface area contributed by atoms with E-state index in [0.29, 0.717) is 5.56 Å². The molecule has 0 unspecified atom stereocenters. The third-order valence-electron chi connectivity index (χ3n) is 3.82. The number of urea groups is 1. The number of hydrogen-bond acceptors (Lipinski definition) is 3. The molecule has 22 heavy (non-hydrogen) atoms. The number of piperidine rings is 1. The lowest BCUT2D eigenvalue weighted by Gasteiger charge is -2.31. The minimum atomic E-state index is -0.221. The molecule has 2 rings (SSSR count). The standard InChI is InChI=1S/C16H22ClN3O2/c1-2-8-20-9-6-13(7-10-20)19-16(22)18-11-12-4-3-5-14(17)15(12)21/h2-5,13,21H,1,6-11H2,(H2,18,19,22). The Morgan fingerprint density at radius 3 is 2.86 bits per heavy atom. The quantitative estimate of drug-likeness (QED) is 0.729. The van der Waals surface area contributed by atoms with Crippen molar-refractivity contribution in [1.82, 2.24) is 15.5 Å². The van der Waals surface area contributed by atoms with Crippen LogP contribution in [0.5, 0.6) is 5.75 Å². The Morgan fingerprint density at radius 2 is 2.18 bits per heavy atom. The Hall–Kier alpha value is -1.72. The van der Waals surface area contributed by atoms with Gasteiger partial charge in [-0.15, -0.1) is 6.58 Å². The number of para-hydroxylation sites is 1. The summed E-state index contributed by atoms with van der Waals surface area (Å²) in [5.41, 5.74) is 0.600. The highest BCUT2D eigenvalue weighted by Crippen LogP contribution is 2.26. The van der Waals surface area contributed by atoms with Crippen molar-refractivity contribution in [3.8, 4) is 5.75 Å². The molecule has 6 heteroatoms. The number of aromatic hydroxyl groups is 1. The second-order valence-corrected chi connectivity index (χ2v) is 5.85. The third kappa shape index (κ3) is 4.64. The number of phenols is 1. The largest absolute Gasteiger partial charge is 0.506 e. The first kappa shape index (κ1) is 16.6. The van der Waals surface area contributed by atoms with Gasteiger partial charge in [0.1, 0.15) is 5.75 Å². The van der Waals surface area contributed by atoms with E-state index in [2.05, 4.69) is 22.1 Å². The number of benzene rings is 1. The summed E-state index contributed by atoms with van der Waals surface area (Å²) in [6.45, 7) is 6.81. The van der Waals surface area contributed by atoms with Crippen molar-refractivity contribution in [3.63, 3.8) is 0 Å². The van der Waals surface area contributed by atoms with E-state index < -0.39 is 0 Å². The van der Waals surface area contributed by atoms with Crippen LogP contribution in [-0.2, 0) is 6.54 Å². The van der Waals surface area contributed by atoms with Gasteiger partial charge in [0.2, 0.25) is 0 Å². The molecule has 0 bridgehead atoms. The zero-order valence-corrected chi connectivity index (χ0v) is 13.3. The molecule has 0 radical (unpaired) electrons. The molecule has 0 atom stereocenters. The molecular formula is C16H22ClN3O2. The summed E-state index contributed by atoms with van der Waals surface area (Å²) in [7, 11) is 0. The number of phenolic OH excluding ortho intramolecular Hbond substituents is 1. The third-order valence-corrected chi connectivity index (χ3v) is 4.12. The second kappa shape index (κ2) is 8.06. The van der Waals surface area contributed by atoms with Crippen LogP contribution in [0.1, 0.15) is 18.4 Å². The molecule has 1 aliphatic rings. The van der Waals surface area contributed by atoms with Gasteiger partial charge in [-0.1, -0.05) is 29.8 Å². The van der Waals surface area contributed by atoms with Crippen LogP contribution >= 0.6 is 11.6 Å². The van der Waals surface area contributed by atoms with Crippen molar-refractivity contribution in [2.75, 3.05) is 19.6 Å². The summed E-state index contributed by atoms with van der Waals surface area (Å²) >= 11 is 5.83. The van der Waals surface area contributed by atoms with Gasteiger partial charge in [-0.3, -0.25) is 4.90 Å². The maximum absolute atomic E-state index is 11.9. The van der Waals surface area contributed by atoms with Crippen molar-refractivity contribution in [3.05, 3.63) is 41.4 Å². The normalized spacial score (nSPS) is 16.2. The van der Waals surface area contributed by atoms with Crippen molar-refractivity contribution in [1.29, 1.82) is 0 Å². The van der Waals surface area contributed by atoms with E-state index in [1.54, 1.807) is 18.2 Å². The molecule has 1 aromatic rings. The SMILES string of the molecule is C=CCN1CCC(NC(=O)NCc2cccc(Cl)c2O)CC1. The summed E-state index contributed by atoms with van der Waals surface area (Å²) in [6, 6.07) is 5.05. The average molecular weight is 324 g/mol. The number of carbonyl (C=O) groups excluding carboxylic acids is 1. The first-order valence-corrected chi connectivity index (χ1v) is 7.82. The molecule has 0 aliphatic carbocycles. The van der Waals surface area contributed by atoms with Crippen LogP contribution in [0.2, 0.25) is 5.02 Å². The van der Waals surface area contributed by atoms with Crippen LogP contribution in [0, 0.1) is 0 Å². The minimum Gasteiger partial charge on any atom is -0.506 e. The first-order chi connectivity index (χ1) is 10.6. The van der Waals surface area contributed by atoms with E-state index in [-0.39, 0.29) is 29.4 Å². The Labute approximate surface area is 136 Å². The molecule has 1 heterocycles. The summed E-state index contributed by atoms with van der Waals surface area (Å²) in [4.78, 5) is 14.2. The highest BCUT2D eigenvalue weighted by atomic mass is 35.5. The number of nitrogens with zero attached hydrogens (tertiary/aromatic N) is 1. The number of hydrogen-bond donors (Lipinski definition) is 3. The van der Waals surface area contributed by atoms with Crippen LogP contribution in [-0.4, -0.2) is 41.7 Å². The number of halogens is 1. The number of nitrogens with one attached hydrogen (secondary N) is 2. The fourth-order valence-electron chi connectivity index (χ4n) is 2.56. The number of rotatable bonds is 5. The molecule has 3 N–H and O–H groups in total. The fourth-order valence-corrected chi connectivity index (χ4v) is 2.75. The van der Waals surface area contributed by atoms with Gasteiger partial charge in [0.15, 0.2) is 0 Å². The van der Waals surface area contributed by atoms with Crippen LogP contribution in [0.3, 0.4) is 0 Å².